The quantitative estimate of drug-likeness (QED) is 0.632. The Bertz CT molecular complexity index is 837. The number of aliphatic hydroxyl groups excluding tert-OH is 1. The van der Waals surface area contributed by atoms with Crippen LogP contribution in [-0.4, -0.2) is 44.5 Å². The molecule has 0 amide bonds. The van der Waals surface area contributed by atoms with Crippen molar-refractivity contribution in [3.63, 3.8) is 0 Å². The van der Waals surface area contributed by atoms with E-state index in [1.165, 1.54) is 6.92 Å². The summed E-state index contributed by atoms with van der Waals surface area (Å²) in [6.07, 6.45) is 0.485. The summed E-state index contributed by atoms with van der Waals surface area (Å²) in [5.74, 6) is -4.45. The van der Waals surface area contributed by atoms with Gasteiger partial charge >= 0.3 is 5.97 Å². The predicted molar refractivity (Wildman–Crippen MR) is 95.9 cm³/mol. The number of aliphatic hydroxyl groups is 2. The molecule has 4 aliphatic carbocycles. The number of fused-ring (bicyclic) bond motifs is 5. The van der Waals surface area contributed by atoms with Crippen molar-refractivity contribution in [1.29, 1.82) is 0 Å². The molecule has 7 heteroatoms. The van der Waals surface area contributed by atoms with Crippen LogP contribution in [0.5, 0.6) is 0 Å². The third-order valence-corrected chi connectivity index (χ3v) is 8.70. The molecule has 28 heavy (non-hydrogen) atoms. The normalized spacial score (nSPS) is 52.9. The summed E-state index contributed by atoms with van der Waals surface area (Å²) in [6, 6.07) is 0. The molecule has 154 valence electrons. The molecule has 0 heterocycles. The molecule has 0 bridgehead atoms. The Morgan fingerprint density at radius 1 is 1.18 bits per heavy atom. The summed E-state index contributed by atoms with van der Waals surface area (Å²) in [6.45, 7) is 4.68. The van der Waals surface area contributed by atoms with Gasteiger partial charge in [-0.25, -0.2) is 13.6 Å². The monoisotopic (exact) mass is 396 g/mol. The third kappa shape index (κ3) is 1.89. The lowest BCUT2D eigenvalue weighted by Gasteiger charge is -2.61. The van der Waals surface area contributed by atoms with Gasteiger partial charge in [0.1, 0.15) is 17.6 Å². The number of rotatable bonds is 1. The largest absolute Gasteiger partial charge is 0.508 e. The summed E-state index contributed by atoms with van der Waals surface area (Å²) < 4.78 is 31.9. The van der Waals surface area contributed by atoms with Gasteiger partial charge in [-0.2, -0.15) is 0 Å². The first-order chi connectivity index (χ1) is 12.8. The third-order valence-electron chi connectivity index (χ3n) is 8.70. The highest BCUT2D eigenvalue weighted by atomic mass is 19.1. The van der Waals surface area contributed by atoms with E-state index in [-0.39, 0.29) is 37.0 Å². The molecular weight excluding hydrogens is 370 g/mol. The molecule has 3 unspecified atom stereocenters. The van der Waals surface area contributed by atoms with Crippen LogP contribution in [0.15, 0.2) is 23.5 Å². The second-order valence-electron chi connectivity index (χ2n) is 9.56. The van der Waals surface area contributed by atoms with Crippen molar-refractivity contribution in [2.75, 3.05) is 0 Å². The van der Waals surface area contributed by atoms with Gasteiger partial charge in [0.2, 0.25) is 0 Å². The van der Waals surface area contributed by atoms with Gasteiger partial charge in [0, 0.05) is 17.4 Å². The SMILES string of the molecule is C[C@@H]1C[C@H]2C3C[C@H](F)C4=CC(O)=CC(=O)C4(C)C3(F)CC[C@]2(C)[C@@]1(O)C(=O)O. The van der Waals surface area contributed by atoms with Crippen LogP contribution in [0, 0.1) is 28.6 Å². The van der Waals surface area contributed by atoms with Crippen molar-refractivity contribution in [3.8, 4) is 0 Å². The van der Waals surface area contributed by atoms with Crippen molar-refractivity contribution < 1.29 is 33.7 Å². The Kier molecular flexibility index (Phi) is 3.79. The van der Waals surface area contributed by atoms with Crippen molar-refractivity contribution in [2.24, 2.45) is 28.6 Å². The first-order valence-corrected chi connectivity index (χ1v) is 9.80. The molecule has 0 aromatic rings. The molecule has 4 aliphatic rings. The van der Waals surface area contributed by atoms with Crippen LogP contribution in [0.4, 0.5) is 8.78 Å². The van der Waals surface area contributed by atoms with E-state index in [2.05, 4.69) is 0 Å². The molecule has 0 radical (unpaired) electrons. The molecule has 3 saturated carbocycles. The van der Waals surface area contributed by atoms with Crippen LogP contribution < -0.4 is 0 Å². The van der Waals surface area contributed by atoms with Crippen LogP contribution in [0.25, 0.3) is 0 Å². The molecule has 3 fully saturated rings. The number of ketones is 1. The van der Waals surface area contributed by atoms with Gasteiger partial charge in [0.15, 0.2) is 11.4 Å². The highest BCUT2D eigenvalue weighted by Gasteiger charge is 2.75. The standard InChI is InChI=1S/C21H26F2O5/c1-10-6-12-13-9-15(22)14-7-11(24)8-16(25)19(14,3)20(13,23)5-4-18(12,2)21(10,28)17(26)27/h7-8,10,12-13,15,24,28H,4-6,9H2,1-3H3,(H,26,27)/t10-,12+,13?,15+,18+,19?,20?,21+/m1/s1. The number of hydrogen-bond acceptors (Lipinski definition) is 4. The number of carbonyl (C=O) groups excluding carboxylic acids is 1. The maximum absolute atomic E-state index is 16.7. The van der Waals surface area contributed by atoms with Crippen LogP contribution in [0.1, 0.15) is 46.5 Å². The van der Waals surface area contributed by atoms with Crippen molar-refractivity contribution in [1.82, 2.24) is 0 Å². The molecule has 0 aromatic heterocycles. The Morgan fingerprint density at radius 2 is 1.82 bits per heavy atom. The number of carbonyl (C=O) groups is 2. The molecular formula is C21H26F2O5. The number of carboxylic acids is 1. The van der Waals surface area contributed by atoms with Gasteiger partial charge in [-0.1, -0.05) is 13.8 Å². The summed E-state index contributed by atoms with van der Waals surface area (Å²) >= 11 is 0. The van der Waals surface area contributed by atoms with E-state index in [1.54, 1.807) is 13.8 Å². The zero-order valence-corrected chi connectivity index (χ0v) is 16.2. The van der Waals surface area contributed by atoms with Gasteiger partial charge in [0.25, 0.3) is 0 Å². The van der Waals surface area contributed by atoms with Gasteiger partial charge in [-0.05, 0) is 56.1 Å². The van der Waals surface area contributed by atoms with E-state index < -0.39 is 57.8 Å². The zero-order chi connectivity index (χ0) is 20.9. The van der Waals surface area contributed by atoms with Crippen LogP contribution >= 0.6 is 0 Å². The lowest BCUT2D eigenvalue weighted by atomic mass is 9.44. The average Bonchev–Trinajstić information content (AvgIpc) is 2.81. The predicted octanol–water partition coefficient (Wildman–Crippen LogP) is 3.28. The lowest BCUT2D eigenvalue weighted by molar-refractivity contribution is -0.201. The van der Waals surface area contributed by atoms with E-state index in [0.29, 0.717) is 0 Å². The maximum atomic E-state index is 16.7. The van der Waals surface area contributed by atoms with E-state index in [1.807, 2.05) is 0 Å². The topological polar surface area (TPSA) is 94.8 Å². The summed E-state index contributed by atoms with van der Waals surface area (Å²) in [5, 5.41) is 30.6. The van der Waals surface area contributed by atoms with Crippen molar-refractivity contribution in [3.05, 3.63) is 23.5 Å². The molecule has 3 N–H and O–H groups in total. The second kappa shape index (κ2) is 5.43. The highest BCUT2D eigenvalue weighted by Crippen LogP contribution is 2.70. The van der Waals surface area contributed by atoms with Gasteiger partial charge in [-0.3, -0.25) is 4.79 Å². The average molecular weight is 396 g/mol. The maximum Gasteiger partial charge on any atom is 0.336 e. The van der Waals surface area contributed by atoms with Gasteiger partial charge in [-0.15, -0.1) is 0 Å². The van der Waals surface area contributed by atoms with Crippen LogP contribution in [-0.2, 0) is 9.59 Å². The Hall–Kier alpha value is -1.76. The molecule has 0 saturated heterocycles. The lowest BCUT2D eigenvalue weighted by Crippen LogP contribution is -2.67. The first-order valence-electron chi connectivity index (χ1n) is 9.80. The van der Waals surface area contributed by atoms with Crippen molar-refractivity contribution in [2.45, 2.75) is 63.9 Å². The van der Waals surface area contributed by atoms with Crippen LogP contribution in [0.3, 0.4) is 0 Å². The molecule has 0 aliphatic heterocycles. The Labute approximate surface area is 162 Å². The van der Waals surface area contributed by atoms with Gasteiger partial charge in [0.05, 0.1) is 5.41 Å². The molecule has 0 aromatic carbocycles. The molecule has 0 spiro atoms. The number of carboxylic acid groups (broad SMARTS) is 1. The van der Waals surface area contributed by atoms with E-state index >= 15 is 8.78 Å². The number of allylic oxidation sites excluding steroid dienone is 3. The molecule has 5 nitrogen and oxygen atoms in total. The minimum atomic E-state index is -2.07. The zero-order valence-electron chi connectivity index (χ0n) is 16.2. The van der Waals surface area contributed by atoms with E-state index in [0.717, 1.165) is 12.2 Å². The summed E-state index contributed by atoms with van der Waals surface area (Å²) in [7, 11) is 0. The summed E-state index contributed by atoms with van der Waals surface area (Å²) in [4.78, 5) is 24.8. The van der Waals surface area contributed by atoms with Crippen LogP contribution in [0.2, 0.25) is 0 Å². The smallest absolute Gasteiger partial charge is 0.336 e. The summed E-state index contributed by atoms with van der Waals surface area (Å²) in [5.41, 5.74) is -6.97. The number of aliphatic carboxylic acids is 1. The first kappa shape index (κ1) is 19.6. The highest BCUT2D eigenvalue weighted by molar-refractivity contribution is 6.00. The fourth-order valence-corrected chi connectivity index (χ4v) is 6.98. The van der Waals surface area contributed by atoms with E-state index in [4.69, 9.17) is 0 Å². The fourth-order valence-electron chi connectivity index (χ4n) is 6.98. The second-order valence-corrected chi connectivity index (χ2v) is 9.56. The minimum Gasteiger partial charge on any atom is -0.508 e. The number of alkyl halides is 2. The van der Waals surface area contributed by atoms with Crippen molar-refractivity contribution >= 4 is 11.8 Å². The minimum absolute atomic E-state index is 0.0422. The number of hydrogen-bond donors (Lipinski definition) is 3. The Morgan fingerprint density at radius 3 is 2.43 bits per heavy atom. The van der Waals surface area contributed by atoms with Gasteiger partial charge < -0.3 is 15.3 Å². The Balaban J connectivity index is 1.85. The molecule has 8 atom stereocenters. The van der Waals surface area contributed by atoms with E-state index in [9.17, 15) is 24.9 Å². The number of halogens is 2. The molecule has 4 rings (SSSR count). The fraction of sp³-hybridized carbons (Fsp3) is 0.714.